The van der Waals surface area contributed by atoms with Crippen molar-refractivity contribution in [3.05, 3.63) is 71.2 Å². The molecule has 1 saturated heterocycles. The summed E-state index contributed by atoms with van der Waals surface area (Å²) in [4.78, 5) is 15.0. The van der Waals surface area contributed by atoms with E-state index in [4.69, 9.17) is 4.74 Å². The van der Waals surface area contributed by atoms with Crippen molar-refractivity contribution < 1.29 is 22.7 Å². The molecule has 0 radical (unpaired) electrons. The molecule has 0 bridgehead atoms. The molecular weight excluding hydrogens is 499 g/mol. The van der Waals surface area contributed by atoms with E-state index in [9.17, 15) is 18.0 Å². The highest BCUT2D eigenvalue weighted by molar-refractivity contribution is 6.05. The lowest BCUT2D eigenvalue weighted by molar-refractivity contribution is -0.137. The average Bonchev–Trinajstić information content (AvgIpc) is 3.50. The molecule has 38 heavy (non-hydrogen) atoms. The number of anilines is 2. The summed E-state index contributed by atoms with van der Waals surface area (Å²) in [6.45, 7) is 5.58. The maximum atomic E-state index is 13.6. The number of rotatable bonds is 5. The molecule has 12 heteroatoms. The summed E-state index contributed by atoms with van der Waals surface area (Å²) >= 11 is 0. The molecule has 0 unspecified atom stereocenters. The van der Waals surface area contributed by atoms with E-state index in [1.54, 1.807) is 46.0 Å². The number of nitrogens with zero attached hydrogens (tertiary/aromatic N) is 6. The number of halogens is 3. The van der Waals surface area contributed by atoms with Crippen LogP contribution < -0.4 is 10.2 Å². The number of hydrogen-bond donors (Lipinski definition) is 1. The molecule has 1 fully saturated rings. The summed E-state index contributed by atoms with van der Waals surface area (Å²) in [6, 6.07) is 8.59. The molecule has 4 aromatic rings. The Bertz CT molecular complexity index is 1490. The molecule has 1 aliphatic heterocycles. The molecule has 1 amide bonds. The Morgan fingerprint density at radius 1 is 1.08 bits per heavy atom. The zero-order valence-electron chi connectivity index (χ0n) is 21.1. The van der Waals surface area contributed by atoms with E-state index >= 15 is 0 Å². The minimum atomic E-state index is -4.56. The summed E-state index contributed by atoms with van der Waals surface area (Å²) in [5, 5.41) is 15.3. The second kappa shape index (κ2) is 9.93. The largest absolute Gasteiger partial charge is 0.416 e. The number of amides is 1. The number of morpholine rings is 1. The summed E-state index contributed by atoms with van der Waals surface area (Å²) in [7, 11) is 1.84. The number of alkyl halides is 3. The Kier molecular flexibility index (Phi) is 6.66. The van der Waals surface area contributed by atoms with Gasteiger partial charge in [0.05, 0.1) is 36.9 Å². The van der Waals surface area contributed by atoms with Crippen molar-refractivity contribution >= 4 is 17.3 Å². The summed E-state index contributed by atoms with van der Waals surface area (Å²) in [6.07, 6.45) is -1.10. The van der Waals surface area contributed by atoms with Crippen LogP contribution in [0, 0.1) is 13.8 Å². The van der Waals surface area contributed by atoms with Gasteiger partial charge >= 0.3 is 6.18 Å². The van der Waals surface area contributed by atoms with Gasteiger partial charge in [0, 0.05) is 48.3 Å². The Morgan fingerprint density at radius 2 is 1.84 bits per heavy atom. The van der Waals surface area contributed by atoms with Crippen molar-refractivity contribution in [2.24, 2.45) is 7.05 Å². The second-order valence-corrected chi connectivity index (χ2v) is 9.14. The van der Waals surface area contributed by atoms with E-state index < -0.39 is 17.6 Å². The molecule has 1 N–H and O–H groups in total. The number of aryl methyl sites for hydroxylation is 2. The number of carbonyl (C=O) groups is 1. The maximum absolute atomic E-state index is 13.6. The van der Waals surface area contributed by atoms with Gasteiger partial charge in [-0.25, -0.2) is 4.68 Å². The third-order valence-corrected chi connectivity index (χ3v) is 6.60. The quantitative estimate of drug-likeness (QED) is 0.416. The first-order chi connectivity index (χ1) is 18.1. The summed E-state index contributed by atoms with van der Waals surface area (Å²) < 4.78 is 49.5. The monoisotopic (exact) mass is 525 g/mol. The normalized spacial score (nSPS) is 14.1. The van der Waals surface area contributed by atoms with Gasteiger partial charge in [0.15, 0.2) is 0 Å². The van der Waals surface area contributed by atoms with Crippen LogP contribution in [-0.2, 0) is 18.0 Å². The fourth-order valence-corrected chi connectivity index (χ4v) is 4.31. The smallest absolute Gasteiger partial charge is 0.378 e. The number of ether oxygens (including phenoxy) is 1. The topological polar surface area (TPSA) is 90.1 Å². The number of benzene rings is 2. The Morgan fingerprint density at radius 3 is 2.53 bits per heavy atom. The third-order valence-electron chi connectivity index (χ3n) is 6.60. The van der Waals surface area contributed by atoms with Crippen molar-refractivity contribution in [3.63, 3.8) is 0 Å². The van der Waals surface area contributed by atoms with Crippen LogP contribution in [0.1, 0.15) is 27.2 Å². The molecule has 2 aromatic carbocycles. The van der Waals surface area contributed by atoms with Crippen molar-refractivity contribution in [1.82, 2.24) is 24.8 Å². The van der Waals surface area contributed by atoms with Crippen LogP contribution in [0.4, 0.5) is 24.5 Å². The molecule has 1 aliphatic rings. The highest BCUT2D eigenvalue weighted by atomic mass is 19.4. The van der Waals surface area contributed by atoms with Gasteiger partial charge in [0.1, 0.15) is 5.69 Å². The van der Waals surface area contributed by atoms with Gasteiger partial charge in [-0.15, -0.1) is 5.10 Å². The highest BCUT2D eigenvalue weighted by Gasteiger charge is 2.32. The Balaban J connectivity index is 1.43. The molecule has 9 nitrogen and oxygen atoms in total. The zero-order valence-corrected chi connectivity index (χ0v) is 21.1. The molecule has 5 rings (SSSR count). The number of aromatic nitrogens is 5. The number of nitrogens with one attached hydrogen (secondary N) is 1. The van der Waals surface area contributed by atoms with Gasteiger partial charge < -0.3 is 15.0 Å². The summed E-state index contributed by atoms with van der Waals surface area (Å²) in [5.41, 5.74) is 3.74. The zero-order chi connectivity index (χ0) is 27.0. The second-order valence-electron chi connectivity index (χ2n) is 9.14. The average molecular weight is 526 g/mol. The highest BCUT2D eigenvalue weighted by Crippen LogP contribution is 2.35. The van der Waals surface area contributed by atoms with Gasteiger partial charge in [-0.2, -0.15) is 18.3 Å². The number of hydrogen-bond acceptors (Lipinski definition) is 6. The SMILES string of the molecule is Cc1ccc(C(=O)Nc2cc(N3CCOCC3)cc(C(F)(F)F)c2)cc1-n1cc(-c2cnn(C)c2C)nn1. The fourth-order valence-electron chi connectivity index (χ4n) is 4.31. The van der Waals surface area contributed by atoms with Crippen LogP contribution >= 0.6 is 0 Å². The van der Waals surface area contributed by atoms with E-state index in [1.165, 1.54) is 0 Å². The van der Waals surface area contributed by atoms with Crippen molar-refractivity contribution in [2.45, 2.75) is 20.0 Å². The minimum Gasteiger partial charge on any atom is -0.378 e. The predicted octanol–water partition coefficient (Wildman–Crippen LogP) is 4.39. The van der Waals surface area contributed by atoms with Crippen molar-refractivity contribution in [1.29, 1.82) is 0 Å². The summed E-state index contributed by atoms with van der Waals surface area (Å²) in [5.74, 6) is -0.540. The van der Waals surface area contributed by atoms with E-state index in [1.807, 2.05) is 25.8 Å². The molecule has 3 heterocycles. The first-order valence-electron chi connectivity index (χ1n) is 12.0. The first-order valence-corrected chi connectivity index (χ1v) is 12.0. The van der Waals surface area contributed by atoms with Crippen molar-refractivity contribution in [2.75, 3.05) is 36.5 Å². The Hall–Kier alpha value is -4.19. The van der Waals surface area contributed by atoms with E-state index in [0.717, 1.165) is 29.0 Å². The Labute approximate surface area is 216 Å². The maximum Gasteiger partial charge on any atom is 0.416 e. The molecule has 0 atom stereocenters. The van der Waals surface area contributed by atoms with Gasteiger partial charge in [0.2, 0.25) is 0 Å². The van der Waals surface area contributed by atoms with Gasteiger partial charge in [-0.3, -0.25) is 9.48 Å². The predicted molar refractivity (Wildman–Crippen MR) is 135 cm³/mol. The first kappa shape index (κ1) is 25.5. The lowest BCUT2D eigenvalue weighted by Crippen LogP contribution is -2.36. The van der Waals surface area contributed by atoms with Crippen LogP contribution in [0.5, 0.6) is 0 Å². The molecule has 0 aliphatic carbocycles. The molecular formula is C26H26F3N7O2. The molecule has 2 aromatic heterocycles. The molecule has 0 saturated carbocycles. The van der Waals surface area contributed by atoms with Crippen molar-refractivity contribution in [3.8, 4) is 16.9 Å². The lowest BCUT2D eigenvalue weighted by atomic mass is 10.1. The van der Waals surface area contributed by atoms with Crippen LogP contribution in [0.15, 0.2) is 48.8 Å². The van der Waals surface area contributed by atoms with Crippen LogP contribution in [0.3, 0.4) is 0 Å². The number of carbonyl (C=O) groups excluding carboxylic acids is 1. The van der Waals surface area contributed by atoms with Gasteiger partial charge in [-0.05, 0) is 49.7 Å². The van der Waals surface area contributed by atoms with Gasteiger partial charge in [-0.1, -0.05) is 11.3 Å². The minimum absolute atomic E-state index is 0.0588. The van der Waals surface area contributed by atoms with E-state index in [2.05, 4.69) is 20.7 Å². The lowest BCUT2D eigenvalue weighted by Gasteiger charge is -2.29. The van der Waals surface area contributed by atoms with Crippen LogP contribution in [0.2, 0.25) is 0 Å². The third kappa shape index (κ3) is 5.12. The molecule has 198 valence electrons. The van der Waals surface area contributed by atoms with Gasteiger partial charge in [0.25, 0.3) is 5.91 Å². The fraction of sp³-hybridized carbons (Fsp3) is 0.308. The molecule has 0 spiro atoms. The van der Waals surface area contributed by atoms with E-state index in [-0.39, 0.29) is 11.3 Å². The van der Waals surface area contributed by atoms with Crippen LogP contribution in [-0.4, -0.2) is 57.0 Å². The van der Waals surface area contributed by atoms with Crippen LogP contribution in [0.25, 0.3) is 16.9 Å². The van der Waals surface area contributed by atoms with E-state index in [0.29, 0.717) is 43.4 Å². The standard InChI is InChI=1S/C26H26F3N7O2/c1-16-4-5-18(10-24(16)36-15-23(32-33-36)22-14-30-34(3)17(22)2)25(37)31-20-11-19(26(27,28)29)12-21(13-20)35-6-8-38-9-7-35/h4-5,10-15H,6-9H2,1-3H3,(H,31,37).